The highest BCUT2D eigenvalue weighted by Gasteiger charge is 2.11. The Kier molecular flexibility index (Phi) is 5.65. The van der Waals surface area contributed by atoms with Crippen LogP contribution in [0, 0.1) is 0 Å². The predicted octanol–water partition coefficient (Wildman–Crippen LogP) is 2.16. The van der Waals surface area contributed by atoms with E-state index < -0.39 is 5.97 Å². The van der Waals surface area contributed by atoms with E-state index in [9.17, 15) is 9.59 Å². The molecule has 1 N–H and O–H groups in total. The average molecular weight is 298 g/mol. The van der Waals surface area contributed by atoms with Crippen LogP contribution < -0.4 is 5.32 Å². The summed E-state index contributed by atoms with van der Waals surface area (Å²) in [4.78, 5) is 27.2. The van der Waals surface area contributed by atoms with Crippen molar-refractivity contribution in [2.24, 2.45) is 0 Å². The fourth-order valence-electron chi connectivity index (χ4n) is 1.92. The van der Waals surface area contributed by atoms with Crippen molar-refractivity contribution in [2.45, 2.75) is 12.8 Å². The number of ether oxygens (including phenoxy) is 1. The van der Waals surface area contributed by atoms with Crippen molar-refractivity contribution in [3.8, 4) is 0 Å². The van der Waals surface area contributed by atoms with Crippen LogP contribution in [0.1, 0.15) is 28.8 Å². The number of nitrogens with zero attached hydrogens (tertiary/aromatic N) is 1. The molecule has 22 heavy (non-hydrogen) atoms. The molecule has 0 fully saturated rings. The quantitative estimate of drug-likeness (QED) is 0.830. The van der Waals surface area contributed by atoms with Gasteiger partial charge in [0.15, 0.2) is 6.61 Å². The van der Waals surface area contributed by atoms with Gasteiger partial charge in [-0.3, -0.25) is 9.78 Å². The highest BCUT2D eigenvalue weighted by molar-refractivity contribution is 5.91. The van der Waals surface area contributed by atoms with E-state index in [1.54, 1.807) is 0 Å². The van der Waals surface area contributed by atoms with Crippen molar-refractivity contribution >= 4 is 11.9 Å². The molecule has 2 rings (SSSR count). The number of nitrogens with one attached hydrogen (secondary N) is 1. The van der Waals surface area contributed by atoms with Gasteiger partial charge < -0.3 is 10.1 Å². The molecule has 0 aliphatic rings. The molecular formula is C17H18N2O3. The fraction of sp³-hybridized carbons (Fsp3) is 0.235. The number of hydrogen-bond donors (Lipinski definition) is 1. The van der Waals surface area contributed by atoms with Crippen molar-refractivity contribution in [1.29, 1.82) is 0 Å². The van der Waals surface area contributed by atoms with Crippen LogP contribution in [0.15, 0.2) is 54.9 Å². The Balaban J connectivity index is 1.73. The topological polar surface area (TPSA) is 68.3 Å². The summed E-state index contributed by atoms with van der Waals surface area (Å²) in [7, 11) is 0. The fourth-order valence-corrected chi connectivity index (χ4v) is 1.92. The molecule has 0 aliphatic heterocycles. The van der Waals surface area contributed by atoms with Crippen molar-refractivity contribution in [3.63, 3.8) is 0 Å². The van der Waals surface area contributed by atoms with E-state index in [0.717, 1.165) is 5.56 Å². The Hall–Kier alpha value is -2.69. The molecule has 0 aliphatic carbocycles. The van der Waals surface area contributed by atoms with E-state index >= 15 is 0 Å². The van der Waals surface area contributed by atoms with E-state index in [1.165, 1.54) is 24.5 Å². The van der Waals surface area contributed by atoms with Crippen LogP contribution in [0.3, 0.4) is 0 Å². The van der Waals surface area contributed by atoms with Crippen LogP contribution in [0.5, 0.6) is 0 Å². The van der Waals surface area contributed by atoms with Crippen molar-refractivity contribution in [1.82, 2.24) is 10.3 Å². The summed E-state index contributed by atoms with van der Waals surface area (Å²) in [5, 5.41) is 2.76. The third kappa shape index (κ3) is 4.70. The average Bonchev–Trinajstić information content (AvgIpc) is 2.59. The molecule has 114 valence electrons. The van der Waals surface area contributed by atoms with Crippen LogP contribution in [0.2, 0.25) is 0 Å². The zero-order valence-electron chi connectivity index (χ0n) is 12.4. The third-order valence-electron chi connectivity index (χ3n) is 3.22. The maximum Gasteiger partial charge on any atom is 0.338 e. The minimum atomic E-state index is -0.534. The van der Waals surface area contributed by atoms with Crippen LogP contribution in [-0.2, 0) is 9.53 Å². The molecule has 1 heterocycles. The standard InChI is InChI=1S/C17H18N2O3/c1-13(14-5-3-2-4-6-14)11-19-16(20)12-22-17(21)15-7-9-18-10-8-15/h2-10,13H,11-12H2,1H3,(H,19,20)/t13-/m1/s1. The zero-order valence-corrected chi connectivity index (χ0v) is 12.4. The molecule has 1 aromatic carbocycles. The van der Waals surface area contributed by atoms with E-state index in [1.807, 2.05) is 37.3 Å². The van der Waals surface area contributed by atoms with Gasteiger partial charge in [-0.1, -0.05) is 37.3 Å². The van der Waals surface area contributed by atoms with Gasteiger partial charge in [0.2, 0.25) is 0 Å². The molecule has 5 heteroatoms. The van der Waals surface area contributed by atoms with Crippen LogP contribution in [-0.4, -0.2) is 30.0 Å². The normalized spacial score (nSPS) is 11.5. The van der Waals surface area contributed by atoms with Gasteiger partial charge in [0.1, 0.15) is 0 Å². The van der Waals surface area contributed by atoms with Gasteiger partial charge >= 0.3 is 5.97 Å². The lowest BCUT2D eigenvalue weighted by molar-refractivity contribution is -0.124. The molecule has 0 saturated heterocycles. The predicted molar refractivity (Wildman–Crippen MR) is 82.4 cm³/mol. The lowest BCUT2D eigenvalue weighted by Gasteiger charge is -2.13. The number of aromatic nitrogens is 1. The van der Waals surface area contributed by atoms with Crippen LogP contribution in [0.4, 0.5) is 0 Å². The smallest absolute Gasteiger partial charge is 0.338 e. The molecule has 0 radical (unpaired) electrons. The second-order valence-electron chi connectivity index (χ2n) is 4.93. The molecule has 0 spiro atoms. The molecule has 0 unspecified atom stereocenters. The maximum atomic E-state index is 11.7. The first-order valence-corrected chi connectivity index (χ1v) is 7.05. The van der Waals surface area contributed by atoms with Crippen molar-refractivity contribution in [3.05, 3.63) is 66.0 Å². The number of pyridine rings is 1. The number of carbonyl (C=O) groups excluding carboxylic acids is 2. The first-order chi connectivity index (χ1) is 10.7. The zero-order chi connectivity index (χ0) is 15.8. The first-order valence-electron chi connectivity index (χ1n) is 7.05. The van der Waals surface area contributed by atoms with Gasteiger partial charge in [-0.15, -0.1) is 0 Å². The van der Waals surface area contributed by atoms with Crippen LogP contribution in [0.25, 0.3) is 0 Å². The summed E-state index contributed by atoms with van der Waals surface area (Å²) in [5.41, 5.74) is 1.53. The molecule has 0 bridgehead atoms. The Morgan fingerprint density at radius 2 is 1.82 bits per heavy atom. The molecule has 0 saturated carbocycles. The van der Waals surface area contributed by atoms with Gasteiger partial charge in [0.25, 0.3) is 5.91 Å². The maximum absolute atomic E-state index is 11.7. The van der Waals surface area contributed by atoms with E-state index in [2.05, 4.69) is 10.3 Å². The van der Waals surface area contributed by atoms with E-state index in [-0.39, 0.29) is 18.4 Å². The minimum absolute atomic E-state index is 0.195. The SMILES string of the molecule is C[C@H](CNC(=O)COC(=O)c1ccncc1)c1ccccc1. The Morgan fingerprint density at radius 1 is 1.14 bits per heavy atom. The molecule has 1 amide bonds. The number of benzene rings is 1. The van der Waals surface area contributed by atoms with Gasteiger partial charge in [-0.2, -0.15) is 0 Å². The molecular weight excluding hydrogens is 280 g/mol. The van der Waals surface area contributed by atoms with Crippen molar-refractivity contribution in [2.75, 3.05) is 13.2 Å². The molecule has 5 nitrogen and oxygen atoms in total. The summed E-state index contributed by atoms with van der Waals surface area (Å²) in [6.45, 7) is 2.23. The second kappa shape index (κ2) is 7.93. The largest absolute Gasteiger partial charge is 0.452 e. The second-order valence-corrected chi connectivity index (χ2v) is 4.93. The lowest BCUT2D eigenvalue weighted by atomic mass is 10.0. The van der Waals surface area contributed by atoms with Crippen LogP contribution >= 0.6 is 0 Å². The Labute approximate surface area is 129 Å². The minimum Gasteiger partial charge on any atom is -0.452 e. The number of carbonyl (C=O) groups is 2. The monoisotopic (exact) mass is 298 g/mol. The molecule has 1 aromatic heterocycles. The van der Waals surface area contributed by atoms with Gasteiger partial charge in [-0.25, -0.2) is 4.79 Å². The molecule has 1 atom stereocenters. The number of esters is 1. The highest BCUT2D eigenvalue weighted by atomic mass is 16.5. The van der Waals surface area contributed by atoms with E-state index in [0.29, 0.717) is 12.1 Å². The summed E-state index contributed by atoms with van der Waals surface area (Å²) in [5.74, 6) is -0.653. The highest BCUT2D eigenvalue weighted by Crippen LogP contribution is 2.12. The first kappa shape index (κ1) is 15.7. The lowest BCUT2D eigenvalue weighted by Crippen LogP contribution is -2.31. The van der Waals surface area contributed by atoms with Gasteiger partial charge in [0, 0.05) is 18.9 Å². The summed E-state index contributed by atoms with van der Waals surface area (Å²) < 4.78 is 4.95. The molecule has 2 aromatic rings. The number of amides is 1. The number of hydrogen-bond acceptors (Lipinski definition) is 4. The van der Waals surface area contributed by atoms with E-state index in [4.69, 9.17) is 4.74 Å². The Morgan fingerprint density at radius 3 is 2.50 bits per heavy atom. The van der Waals surface area contributed by atoms with Crippen molar-refractivity contribution < 1.29 is 14.3 Å². The van der Waals surface area contributed by atoms with Gasteiger partial charge in [-0.05, 0) is 23.6 Å². The van der Waals surface area contributed by atoms with Gasteiger partial charge in [0.05, 0.1) is 5.56 Å². The summed E-state index contributed by atoms with van der Waals surface area (Å²) in [6, 6.07) is 13.0. The Bertz CT molecular complexity index is 614. The third-order valence-corrected chi connectivity index (χ3v) is 3.22. The summed E-state index contributed by atoms with van der Waals surface area (Å²) in [6.07, 6.45) is 3.00. The number of rotatable bonds is 6. The summed E-state index contributed by atoms with van der Waals surface area (Å²) >= 11 is 0.